The van der Waals surface area contributed by atoms with E-state index in [2.05, 4.69) is 5.32 Å². The number of rotatable bonds is 7. The SMILES string of the molecule is CC[C@@H](NC(=O)OC(C)(C)C)C(=O)N(Cc1ccccc1)[C@@H](C)C(=O)OC. The number of nitrogens with zero attached hydrogens (tertiary/aromatic N) is 1. The minimum Gasteiger partial charge on any atom is -0.467 e. The molecule has 7 heteroatoms. The number of carbonyl (C=O) groups is 3. The summed E-state index contributed by atoms with van der Waals surface area (Å²) >= 11 is 0. The molecule has 2 amide bonds. The molecule has 1 N–H and O–H groups in total. The summed E-state index contributed by atoms with van der Waals surface area (Å²) in [6, 6.07) is 7.72. The zero-order valence-electron chi connectivity index (χ0n) is 16.9. The first-order chi connectivity index (χ1) is 12.6. The van der Waals surface area contributed by atoms with Crippen LogP contribution in [-0.4, -0.2) is 47.7 Å². The first-order valence-electron chi connectivity index (χ1n) is 9.00. The smallest absolute Gasteiger partial charge is 0.408 e. The van der Waals surface area contributed by atoms with E-state index >= 15 is 0 Å². The molecule has 0 aliphatic carbocycles. The van der Waals surface area contributed by atoms with E-state index in [1.165, 1.54) is 12.0 Å². The van der Waals surface area contributed by atoms with Gasteiger partial charge in [-0.15, -0.1) is 0 Å². The van der Waals surface area contributed by atoms with Crippen molar-refractivity contribution in [1.29, 1.82) is 0 Å². The zero-order chi connectivity index (χ0) is 20.6. The fraction of sp³-hybridized carbons (Fsp3) is 0.550. The Bertz CT molecular complexity index is 640. The molecule has 0 fully saturated rings. The van der Waals surface area contributed by atoms with E-state index in [-0.39, 0.29) is 12.5 Å². The van der Waals surface area contributed by atoms with Gasteiger partial charge < -0.3 is 19.7 Å². The van der Waals surface area contributed by atoms with Gasteiger partial charge in [0.2, 0.25) is 5.91 Å². The zero-order valence-corrected chi connectivity index (χ0v) is 16.9. The summed E-state index contributed by atoms with van der Waals surface area (Å²) in [6.45, 7) is 8.85. The topological polar surface area (TPSA) is 84.9 Å². The van der Waals surface area contributed by atoms with Crippen molar-refractivity contribution in [2.45, 2.75) is 65.3 Å². The average Bonchev–Trinajstić information content (AvgIpc) is 2.61. The van der Waals surface area contributed by atoms with Gasteiger partial charge in [0, 0.05) is 6.54 Å². The van der Waals surface area contributed by atoms with Crippen molar-refractivity contribution in [2.24, 2.45) is 0 Å². The van der Waals surface area contributed by atoms with Crippen molar-refractivity contribution in [1.82, 2.24) is 10.2 Å². The number of hydrogen-bond donors (Lipinski definition) is 1. The van der Waals surface area contributed by atoms with Crippen LogP contribution in [0.5, 0.6) is 0 Å². The van der Waals surface area contributed by atoms with Gasteiger partial charge in [-0.25, -0.2) is 9.59 Å². The monoisotopic (exact) mass is 378 g/mol. The van der Waals surface area contributed by atoms with Crippen LogP contribution in [0.2, 0.25) is 0 Å². The molecule has 7 nitrogen and oxygen atoms in total. The van der Waals surface area contributed by atoms with Crippen molar-refractivity contribution < 1.29 is 23.9 Å². The second-order valence-electron chi connectivity index (χ2n) is 7.26. The first kappa shape index (κ1) is 22.5. The van der Waals surface area contributed by atoms with Gasteiger partial charge in [0.15, 0.2) is 0 Å². The third-order valence-corrected chi connectivity index (χ3v) is 3.89. The van der Waals surface area contributed by atoms with Crippen LogP contribution in [0.15, 0.2) is 30.3 Å². The molecular weight excluding hydrogens is 348 g/mol. The lowest BCUT2D eigenvalue weighted by atomic mass is 10.1. The second kappa shape index (κ2) is 9.94. The van der Waals surface area contributed by atoms with Crippen molar-refractivity contribution in [2.75, 3.05) is 7.11 Å². The molecule has 0 saturated heterocycles. The van der Waals surface area contributed by atoms with E-state index in [9.17, 15) is 14.4 Å². The Morgan fingerprint density at radius 2 is 1.74 bits per heavy atom. The van der Waals surface area contributed by atoms with Crippen LogP contribution >= 0.6 is 0 Å². The number of amides is 2. The summed E-state index contributed by atoms with van der Waals surface area (Å²) in [5, 5.41) is 2.60. The Morgan fingerprint density at radius 1 is 1.15 bits per heavy atom. The van der Waals surface area contributed by atoms with Crippen molar-refractivity contribution in [3.63, 3.8) is 0 Å². The van der Waals surface area contributed by atoms with Crippen LogP contribution in [0.4, 0.5) is 4.79 Å². The fourth-order valence-corrected chi connectivity index (χ4v) is 2.47. The Hall–Kier alpha value is -2.57. The number of alkyl carbamates (subject to hydrolysis) is 1. The molecule has 1 aromatic rings. The summed E-state index contributed by atoms with van der Waals surface area (Å²) in [4.78, 5) is 38.6. The predicted octanol–water partition coefficient (Wildman–Crippen LogP) is 2.88. The van der Waals surface area contributed by atoms with E-state index in [0.29, 0.717) is 6.42 Å². The molecule has 0 radical (unpaired) electrons. The molecule has 0 bridgehead atoms. The Labute approximate surface area is 161 Å². The third-order valence-electron chi connectivity index (χ3n) is 3.89. The van der Waals surface area contributed by atoms with Gasteiger partial charge in [-0.2, -0.15) is 0 Å². The van der Waals surface area contributed by atoms with Crippen molar-refractivity contribution in [3.05, 3.63) is 35.9 Å². The lowest BCUT2D eigenvalue weighted by Crippen LogP contribution is -2.53. The molecule has 0 aliphatic heterocycles. The minimum absolute atomic E-state index is 0.225. The maximum atomic E-state index is 13.1. The van der Waals surface area contributed by atoms with Crippen LogP contribution in [0.3, 0.4) is 0 Å². The molecule has 0 spiro atoms. The fourth-order valence-electron chi connectivity index (χ4n) is 2.47. The van der Waals surface area contributed by atoms with E-state index in [0.717, 1.165) is 5.56 Å². The van der Waals surface area contributed by atoms with Gasteiger partial charge in [-0.1, -0.05) is 37.3 Å². The largest absolute Gasteiger partial charge is 0.467 e. The molecule has 0 aliphatic rings. The molecule has 0 heterocycles. The van der Waals surface area contributed by atoms with Crippen LogP contribution in [0.1, 0.15) is 46.6 Å². The van der Waals surface area contributed by atoms with E-state index in [4.69, 9.17) is 9.47 Å². The number of hydrogen-bond acceptors (Lipinski definition) is 5. The Kier molecular flexibility index (Phi) is 8.28. The van der Waals surface area contributed by atoms with Gasteiger partial charge >= 0.3 is 12.1 Å². The molecule has 150 valence electrons. The average molecular weight is 378 g/mol. The van der Waals surface area contributed by atoms with Gasteiger partial charge in [0.1, 0.15) is 17.7 Å². The molecule has 1 aromatic carbocycles. The van der Waals surface area contributed by atoms with Gasteiger partial charge in [-0.3, -0.25) is 4.79 Å². The number of nitrogens with one attached hydrogen (secondary N) is 1. The molecule has 1 rings (SSSR count). The van der Waals surface area contributed by atoms with E-state index < -0.39 is 29.7 Å². The van der Waals surface area contributed by atoms with Gasteiger partial charge in [-0.05, 0) is 39.7 Å². The Morgan fingerprint density at radius 3 is 2.22 bits per heavy atom. The second-order valence-corrected chi connectivity index (χ2v) is 7.26. The van der Waals surface area contributed by atoms with E-state index in [1.54, 1.807) is 34.6 Å². The molecule has 0 unspecified atom stereocenters. The van der Waals surface area contributed by atoms with Crippen LogP contribution in [-0.2, 0) is 25.6 Å². The summed E-state index contributed by atoms with van der Waals surface area (Å²) in [7, 11) is 1.28. The highest BCUT2D eigenvalue weighted by atomic mass is 16.6. The van der Waals surface area contributed by atoms with Gasteiger partial charge in [0.05, 0.1) is 7.11 Å². The molecule has 0 aromatic heterocycles. The number of carbonyl (C=O) groups excluding carboxylic acids is 3. The maximum Gasteiger partial charge on any atom is 0.408 e. The number of esters is 1. The molecule has 27 heavy (non-hydrogen) atoms. The third kappa shape index (κ3) is 7.29. The lowest BCUT2D eigenvalue weighted by molar-refractivity contribution is -0.153. The normalized spacial score (nSPS) is 13.3. The molecule has 2 atom stereocenters. The molecule has 0 saturated carbocycles. The van der Waals surface area contributed by atoms with Crippen molar-refractivity contribution >= 4 is 18.0 Å². The number of benzene rings is 1. The van der Waals surface area contributed by atoms with Crippen LogP contribution in [0.25, 0.3) is 0 Å². The van der Waals surface area contributed by atoms with Crippen molar-refractivity contribution in [3.8, 4) is 0 Å². The predicted molar refractivity (Wildman–Crippen MR) is 102 cm³/mol. The number of methoxy groups -OCH3 is 1. The van der Waals surface area contributed by atoms with Crippen LogP contribution in [0, 0.1) is 0 Å². The summed E-state index contributed by atoms with van der Waals surface area (Å²) in [5.41, 5.74) is 0.197. The quantitative estimate of drug-likeness (QED) is 0.738. The highest BCUT2D eigenvalue weighted by Crippen LogP contribution is 2.14. The number of ether oxygens (including phenoxy) is 2. The van der Waals surface area contributed by atoms with E-state index in [1.807, 2.05) is 30.3 Å². The summed E-state index contributed by atoms with van der Waals surface area (Å²) in [6.07, 6.45) is -0.315. The highest BCUT2D eigenvalue weighted by molar-refractivity contribution is 5.89. The lowest BCUT2D eigenvalue weighted by Gasteiger charge is -2.31. The Balaban J connectivity index is 3.01. The standard InChI is InChI=1S/C20H30N2O5/c1-7-16(21-19(25)27-20(3,4)5)17(23)22(14(2)18(24)26-6)13-15-11-9-8-10-12-15/h8-12,14,16H,7,13H2,1-6H3,(H,21,25)/t14-,16+/m0/s1. The summed E-state index contributed by atoms with van der Waals surface area (Å²) in [5.74, 6) is -0.892. The summed E-state index contributed by atoms with van der Waals surface area (Å²) < 4.78 is 10.0. The molecular formula is C20H30N2O5. The van der Waals surface area contributed by atoms with Crippen LogP contribution < -0.4 is 5.32 Å². The highest BCUT2D eigenvalue weighted by Gasteiger charge is 2.32. The minimum atomic E-state index is -0.810. The van der Waals surface area contributed by atoms with Gasteiger partial charge in [0.25, 0.3) is 0 Å². The maximum absolute atomic E-state index is 13.1. The first-order valence-corrected chi connectivity index (χ1v) is 9.00.